The van der Waals surface area contributed by atoms with Gasteiger partial charge in [0, 0.05) is 25.3 Å². The second kappa shape index (κ2) is 10.6. The zero-order chi connectivity index (χ0) is 20.5. The number of aryl methyl sites for hydroxylation is 1. The standard InChI is InChI=1S/C23H28FN3O2/c24-20-9-3-4-10-21(20)26-23(29)22(28)25-15-7-8-18-11-13-19(14-12-18)27-16-5-1-2-6-17-27/h3-4,9-14H,1-2,5-8,15-17H2,(H,25,28)(H,26,29). The summed E-state index contributed by atoms with van der Waals surface area (Å²) in [6, 6.07) is 14.4. The van der Waals surface area contributed by atoms with Crippen LogP contribution in [0.1, 0.15) is 37.7 Å². The average molecular weight is 397 g/mol. The molecule has 0 unspecified atom stereocenters. The number of amides is 2. The van der Waals surface area contributed by atoms with E-state index in [9.17, 15) is 14.0 Å². The van der Waals surface area contributed by atoms with E-state index in [0.29, 0.717) is 6.54 Å². The van der Waals surface area contributed by atoms with Gasteiger partial charge in [-0.25, -0.2) is 4.39 Å². The van der Waals surface area contributed by atoms with E-state index in [1.165, 1.54) is 55.1 Å². The Morgan fingerprint density at radius 3 is 2.28 bits per heavy atom. The van der Waals surface area contributed by atoms with E-state index in [-0.39, 0.29) is 5.69 Å². The minimum absolute atomic E-state index is 0.00264. The van der Waals surface area contributed by atoms with E-state index in [1.807, 2.05) is 0 Å². The third-order valence-electron chi connectivity index (χ3n) is 5.16. The van der Waals surface area contributed by atoms with Crippen LogP contribution in [-0.4, -0.2) is 31.4 Å². The first-order valence-electron chi connectivity index (χ1n) is 10.3. The number of carbonyl (C=O) groups is 2. The highest BCUT2D eigenvalue weighted by molar-refractivity contribution is 6.39. The number of carbonyl (C=O) groups excluding carboxylic acids is 2. The number of benzene rings is 2. The van der Waals surface area contributed by atoms with Crippen LogP contribution in [0.5, 0.6) is 0 Å². The summed E-state index contributed by atoms with van der Waals surface area (Å²) in [4.78, 5) is 26.2. The number of nitrogens with one attached hydrogen (secondary N) is 2. The fourth-order valence-corrected chi connectivity index (χ4v) is 3.52. The molecular formula is C23H28FN3O2. The van der Waals surface area contributed by atoms with E-state index in [1.54, 1.807) is 6.07 Å². The summed E-state index contributed by atoms with van der Waals surface area (Å²) in [6.45, 7) is 2.64. The van der Waals surface area contributed by atoms with Gasteiger partial charge in [0.2, 0.25) is 0 Å². The van der Waals surface area contributed by atoms with Gasteiger partial charge in [-0.3, -0.25) is 9.59 Å². The first kappa shape index (κ1) is 20.8. The smallest absolute Gasteiger partial charge is 0.313 e. The maximum atomic E-state index is 13.5. The number of nitrogens with zero attached hydrogens (tertiary/aromatic N) is 1. The van der Waals surface area contributed by atoms with Gasteiger partial charge >= 0.3 is 11.8 Å². The molecule has 0 atom stereocenters. The van der Waals surface area contributed by atoms with Crippen LogP contribution in [0.25, 0.3) is 0 Å². The molecule has 2 aromatic rings. The second-order valence-electron chi connectivity index (χ2n) is 7.36. The van der Waals surface area contributed by atoms with Crippen LogP contribution >= 0.6 is 0 Å². The van der Waals surface area contributed by atoms with Gasteiger partial charge < -0.3 is 15.5 Å². The van der Waals surface area contributed by atoms with Crippen molar-refractivity contribution in [1.82, 2.24) is 5.32 Å². The Morgan fingerprint density at radius 2 is 1.59 bits per heavy atom. The fraction of sp³-hybridized carbons (Fsp3) is 0.391. The van der Waals surface area contributed by atoms with Crippen molar-refractivity contribution in [3.05, 3.63) is 59.9 Å². The Balaban J connectivity index is 1.39. The van der Waals surface area contributed by atoms with Crippen molar-refractivity contribution >= 4 is 23.2 Å². The molecule has 1 saturated heterocycles. The number of para-hydroxylation sites is 1. The Hall–Kier alpha value is -2.89. The zero-order valence-electron chi connectivity index (χ0n) is 16.6. The minimum atomic E-state index is -0.864. The lowest BCUT2D eigenvalue weighted by Crippen LogP contribution is -2.36. The van der Waals surface area contributed by atoms with Gasteiger partial charge in [0.15, 0.2) is 0 Å². The summed E-state index contributed by atoms with van der Waals surface area (Å²) in [5.74, 6) is -2.20. The number of hydrogen-bond acceptors (Lipinski definition) is 3. The summed E-state index contributed by atoms with van der Waals surface area (Å²) >= 11 is 0. The predicted molar refractivity (Wildman–Crippen MR) is 113 cm³/mol. The quantitative estimate of drug-likeness (QED) is 0.574. The number of halogens is 1. The molecule has 3 rings (SSSR count). The van der Waals surface area contributed by atoms with Crippen molar-refractivity contribution in [3.63, 3.8) is 0 Å². The fourth-order valence-electron chi connectivity index (χ4n) is 3.52. The highest BCUT2D eigenvalue weighted by Crippen LogP contribution is 2.20. The van der Waals surface area contributed by atoms with Crippen LogP contribution in [0, 0.1) is 5.82 Å². The van der Waals surface area contributed by atoms with Gasteiger partial charge in [-0.2, -0.15) is 0 Å². The third-order valence-corrected chi connectivity index (χ3v) is 5.16. The van der Waals surface area contributed by atoms with E-state index >= 15 is 0 Å². The number of hydrogen-bond donors (Lipinski definition) is 2. The van der Waals surface area contributed by atoms with Gasteiger partial charge in [-0.1, -0.05) is 37.1 Å². The van der Waals surface area contributed by atoms with Crippen molar-refractivity contribution in [2.24, 2.45) is 0 Å². The molecule has 0 aromatic heterocycles. The highest BCUT2D eigenvalue weighted by Gasteiger charge is 2.14. The topological polar surface area (TPSA) is 61.4 Å². The molecule has 1 aliphatic heterocycles. The molecule has 5 nitrogen and oxygen atoms in total. The van der Waals surface area contributed by atoms with Crippen molar-refractivity contribution in [2.75, 3.05) is 29.9 Å². The highest BCUT2D eigenvalue weighted by atomic mass is 19.1. The van der Waals surface area contributed by atoms with Crippen LogP contribution in [0.3, 0.4) is 0 Å². The van der Waals surface area contributed by atoms with Gasteiger partial charge in [0.25, 0.3) is 0 Å². The largest absolute Gasteiger partial charge is 0.372 e. The summed E-state index contributed by atoms with van der Waals surface area (Å²) in [6.07, 6.45) is 6.69. The molecule has 0 spiro atoms. The lowest BCUT2D eigenvalue weighted by Gasteiger charge is -2.22. The lowest BCUT2D eigenvalue weighted by atomic mass is 10.1. The third kappa shape index (κ3) is 6.31. The van der Waals surface area contributed by atoms with Crippen molar-refractivity contribution < 1.29 is 14.0 Å². The molecule has 29 heavy (non-hydrogen) atoms. The van der Waals surface area contributed by atoms with Crippen molar-refractivity contribution in [2.45, 2.75) is 38.5 Å². The maximum Gasteiger partial charge on any atom is 0.313 e. The van der Waals surface area contributed by atoms with E-state index in [2.05, 4.69) is 39.8 Å². The molecule has 2 N–H and O–H groups in total. The molecule has 154 valence electrons. The van der Waals surface area contributed by atoms with Gasteiger partial charge in [-0.15, -0.1) is 0 Å². The molecule has 1 aliphatic rings. The Kier molecular flexibility index (Phi) is 7.61. The Morgan fingerprint density at radius 1 is 0.897 bits per heavy atom. The van der Waals surface area contributed by atoms with Gasteiger partial charge in [-0.05, 0) is 55.5 Å². The molecule has 0 radical (unpaired) electrons. The summed E-state index contributed by atoms with van der Waals surface area (Å²) in [5, 5.41) is 4.86. The van der Waals surface area contributed by atoms with Crippen LogP contribution in [-0.2, 0) is 16.0 Å². The maximum absolute atomic E-state index is 13.5. The average Bonchev–Trinajstić information content (AvgIpc) is 3.03. The molecule has 1 heterocycles. The summed E-state index contributed by atoms with van der Waals surface area (Å²) in [5.41, 5.74) is 2.47. The molecule has 2 aromatic carbocycles. The van der Waals surface area contributed by atoms with Crippen molar-refractivity contribution in [3.8, 4) is 0 Å². The second-order valence-corrected chi connectivity index (χ2v) is 7.36. The van der Waals surface area contributed by atoms with Crippen molar-refractivity contribution in [1.29, 1.82) is 0 Å². The van der Waals surface area contributed by atoms with E-state index in [4.69, 9.17) is 0 Å². The monoisotopic (exact) mass is 397 g/mol. The number of anilines is 2. The SMILES string of the molecule is O=C(NCCCc1ccc(N2CCCCCC2)cc1)C(=O)Nc1ccccc1F. The Labute approximate surface area is 171 Å². The lowest BCUT2D eigenvalue weighted by molar-refractivity contribution is -0.136. The van der Waals surface area contributed by atoms with Gasteiger partial charge in [0.05, 0.1) is 5.69 Å². The molecule has 0 bridgehead atoms. The summed E-state index contributed by atoms with van der Waals surface area (Å²) < 4.78 is 13.5. The van der Waals surface area contributed by atoms with Crippen LogP contribution in [0.15, 0.2) is 48.5 Å². The van der Waals surface area contributed by atoms with Gasteiger partial charge in [0.1, 0.15) is 5.82 Å². The summed E-state index contributed by atoms with van der Waals surface area (Å²) in [7, 11) is 0. The number of rotatable bonds is 6. The minimum Gasteiger partial charge on any atom is -0.372 e. The zero-order valence-corrected chi connectivity index (χ0v) is 16.6. The molecule has 0 saturated carbocycles. The molecule has 0 aliphatic carbocycles. The predicted octanol–water partition coefficient (Wildman–Crippen LogP) is 3.89. The van der Waals surface area contributed by atoms with Crippen LogP contribution in [0.4, 0.5) is 15.8 Å². The van der Waals surface area contributed by atoms with E-state index in [0.717, 1.165) is 25.9 Å². The first-order chi connectivity index (χ1) is 14.1. The molecule has 1 fully saturated rings. The van der Waals surface area contributed by atoms with Crippen LogP contribution in [0.2, 0.25) is 0 Å². The van der Waals surface area contributed by atoms with Crippen LogP contribution < -0.4 is 15.5 Å². The molecular weight excluding hydrogens is 369 g/mol. The Bertz CT molecular complexity index is 815. The first-order valence-corrected chi connectivity index (χ1v) is 10.3. The molecule has 2 amide bonds. The normalized spacial score (nSPS) is 14.2. The molecule has 6 heteroatoms. The van der Waals surface area contributed by atoms with E-state index < -0.39 is 17.6 Å².